The smallest absolute Gasteiger partial charge is 0.306 e. The molecule has 0 fully saturated rings. The molecule has 0 radical (unpaired) electrons. The van der Waals surface area contributed by atoms with E-state index in [0.29, 0.717) is 17.4 Å². The summed E-state index contributed by atoms with van der Waals surface area (Å²) in [7, 11) is 1.17. The molecule has 0 aliphatic rings. The van der Waals surface area contributed by atoms with Crippen molar-refractivity contribution in [2.24, 2.45) is 0 Å². The fourth-order valence-electron chi connectivity index (χ4n) is 6.43. The summed E-state index contributed by atoms with van der Waals surface area (Å²) in [5.74, 6) is -0.846. The third kappa shape index (κ3) is 43.8. The molecule has 0 rings (SSSR count). The number of likely N-dealkylation sites (N-methyl/N-ethyl adjacent to an activating group) is 1. The van der Waals surface area contributed by atoms with Gasteiger partial charge in [0.05, 0.1) is 27.7 Å². The van der Waals surface area contributed by atoms with E-state index in [0.717, 1.165) is 64.2 Å². The van der Waals surface area contributed by atoms with Crippen molar-refractivity contribution in [3.63, 3.8) is 0 Å². The molecule has 0 amide bonds. The van der Waals surface area contributed by atoms with Crippen LogP contribution in [0.1, 0.15) is 206 Å². The van der Waals surface area contributed by atoms with Gasteiger partial charge in [-0.05, 0) is 51.4 Å². The summed E-state index contributed by atoms with van der Waals surface area (Å²) in [4.78, 5) is 37.2. The molecule has 9 nitrogen and oxygen atoms in total. The summed E-state index contributed by atoms with van der Waals surface area (Å²) in [6.07, 6.45) is 46.7. The minimum atomic E-state index is -4.61. The van der Waals surface area contributed by atoms with Crippen molar-refractivity contribution in [3.05, 3.63) is 36.5 Å². The summed E-state index contributed by atoms with van der Waals surface area (Å²) in [6.45, 7) is 4.12. The number of nitrogens with zero attached hydrogens (tertiary/aromatic N) is 1. The van der Waals surface area contributed by atoms with Crippen molar-refractivity contribution in [2.45, 2.75) is 213 Å². The number of quaternary nitrogens is 1. The number of carbonyl (C=O) groups is 2. The topological polar surface area (TPSA) is 111 Å². The van der Waals surface area contributed by atoms with Gasteiger partial charge in [0.25, 0.3) is 7.82 Å². The molecule has 0 spiro atoms. The van der Waals surface area contributed by atoms with Gasteiger partial charge in [-0.3, -0.25) is 14.2 Å². The Kier molecular flexibility index (Phi) is 39.4. The van der Waals surface area contributed by atoms with Crippen LogP contribution < -0.4 is 4.89 Å². The minimum absolute atomic E-state index is 0.0302. The van der Waals surface area contributed by atoms with E-state index in [9.17, 15) is 19.0 Å². The Labute approximate surface area is 357 Å². The molecule has 0 aromatic heterocycles. The molecule has 2 unspecified atom stereocenters. The molecule has 0 aliphatic carbocycles. The zero-order valence-electron chi connectivity index (χ0n) is 38.2. The minimum Gasteiger partial charge on any atom is -0.756 e. The average Bonchev–Trinajstić information content (AvgIpc) is 3.17. The zero-order chi connectivity index (χ0) is 42.8. The van der Waals surface area contributed by atoms with Crippen LogP contribution in [0.3, 0.4) is 0 Å². The lowest BCUT2D eigenvalue weighted by Gasteiger charge is -2.28. The van der Waals surface area contributed by atoms with Crippen LogP contribution >= 0.6 is 7.82 Å². The van der Waals surface area contributed by atoms with Gasteiger partial charge in [-0.2, -0.15) is 0 Å². The molecule has 2 atom stereocenters. The molecule has 10 heteroatoms. The number of carbonyl (C=O) groups excluding carboxylic acids is 2. The summed E-state index contributed by atoms with van der Waals surface area (Å²) in [5, 5.41) is 0. The van der Waals surface area contributed by atoms with Crippen molar-refractivity contribution in [3.8, 4) is 0 Å². The van der Waals surface area contributed by atoms with Crippen molar-refractivity contribution >= 4 is 19.8 Å². The number of ether oxygens (including phenoxy) is 2. The molecule has 0 aliphatic heterocycles. The van der Waals surface area contributed by atoms with Crippen LogP contribution in [0.5, 0.6) is 0 Å². The highest BCUT2D eigenvalue weighted by Crippen LogP contribution is 2.38. The van der Waals surface area contributed by atoms with Gasteiger partial charge >= 0.3 is 11.9 Å². The lowest BCUT2D eigenvalue weighted by atomic mass is 10.0. The number of allylic oxidation sites excluding steroid dienone is 6. The van der Waals surface area contributed by atoms with Gasteiger partial charge in [0.2, 0.25) is 0 Å². The van der Waals surface area contributed by atoms with Gasteiger partial charge in [-0.15, -0.1) is 0 Å². The first-order chi connectivity index (χ1) is 28.0. The van der Waals surface area contributed by atoms with Crippen LogP contribution in [0.25, 0.3) is 0 Å². The van der Waals surface area contributed by atoms with Gasteiger partial charge in [-0.1, -0.05) is 179 Å². The highest BCUT2D eigenvalue weighted by Gasteiger charge is 2.21. The molecular weight excluding hydrogens is 750 g/mol. The molecule has 58 heavy (non-hydrogen) atoms. The van der Waals surface area contributed by atoms with Crippen molar-refractivity contribution in [1.82, 2.24) is 0 Å². The first-order valence-corrected chi connectivity index (χ1v) is 25.2. The van der Waals surface area contributed by atoms with E-state index >= 15 is 0 Å². The van der Waals surface area contributed by atoms with Crippen LogP contribution in [0, 0.1) is 0 Å². The van der Waals surface area contributed by atoms with Gasteiger partial charge < -0.3 is 27.9 Å². The molecular formula is C48H90NO8P. The van der Waals surface area contributed by atoms with E-state index in [-0.39, 0.29) is 26.1 Å². The van der Waals surface area contributed by atoms with Crippen molar-refractivity contribution < 1.29 is 42.1 Å². The maximum absolute atomic E-state index is 12.6. The highest BCUT2D eigenvalue weighted by atomic mass is 31.2. The van der Waals surface area contributed by atoms with E-state index in [1.807, 2.05) is 21.1 Å². The van der Waals surface area contributed by atoms with E-state index in [1.165, 1.54) is 109 Å². The number of rotatable bonds is 43. The Morgan fingerprint density at radius 1 is 0.534 bits per heavy atom. The molecule has 340 valence electrons. The zero-order valence-corrected chi connectivity index (χ0v) is 39.1. The van der Waals surface area contributed by atoms with E-state index in [1.54, 1.807) is 0 Å². The average molecular weight is 840 g/mol. The van der Waals surface area contributed by atoms with Crippen LogP contribution in [0.4, 0.5) is 0 Å². The summed E-state index contributed by atoms with van der Waals surface area (Å²) >= 11 is 0. The Morgan fingerprint density at radius 3 is 1.38 bits per heavy atom. The monoisotopic (exact) mass is 840 g/mol. The lowest BCUT2D eigenvalue weighted by molar-refractivity contribution is -0.870. The second-order valence-electron chi connectivity index (χ2n) is 17.1. The number of hydrogen-bond donors (Lipinski definition) is 0. The van der Waals surface area contributed by atoms with Crippen LogP contribution in [0.15, 0.2) is 36.5 Å². The second-order valence-corrected chi connectivity index (χ2v) is 18.5. The number of unbranched alkanes of at least 4 members (excludes halogenated alkanes) is 23. The van der Waals surface area contributed by atoms with Gasteiger partial charge in [0.15, 0.2) is 6.10 Å². The molecule has 0 saturated heterocycles. The Hall–Kier alpha value is -1.77. The van der Waals surface area contributed by atoms with E-state index in [2.05, 4.69) is 50.3 Å². The first-order valence-electron chi connectivity index (χ1n) is 23.7. The number of phosphoric ester groups is 1. The molecule has 0 heterocycles. The SMILES string of the molecule is CCCCCCC/C=C\C/C=C\C/C=C\CCCCCCCCCCCCCCCCC(=O)OC(COC(=O)CCCCCCC)COP(=O)([O-])OCC[N+](C)(C)C. The summed E-state index contributed by atoms with van der Waals surface area (Å²) in [6, 6.07) is 0. The predicted octanol–water partition coefficient (Wildman–Crippen LogP) is 13.1. The Morgan fingerprint density at radius 2 is 0.931 bits per heavy atom. The van der Waals surface area contributed by atoms with Crippen LogP contribution in [-0.4, -0.2) is 70.0 Å². The van der Waals surface area contributed by atoms with Crippen LogP contribution in [0.2, 0.25) is 0 Å². The first kappa shape index (κ1) is 56.2. The Bertz CT molecular complexity index is 1090. The molecule has 0 saturated carbocycles. The fourth-order valence-corrected chi connectivity index (χ4v) is 7.16. The number of phosphoric acid groups is 1. The largest absolute Gasteiger partial charge is 0.756 e. The molecule has 0 N–H and O–H groups in total. The maximum Gasteiger partial charge on any atom is 0.306 e. The number of esters is 2. The summed E-state index contributed by atoms with van der Waals surface area (Å²) in [5.41, 5.74) is 0. The molecule has 0 aromatic carbocycles. The molecule has 0 bridgehead atoms. The maximum atomic E-state index is 12.6. The van der Waals surface area contributed by atoms with Crippen molar-refractivity contribution in [2.75, 3.05) is 47.5 Å². The van der Waals surface area contributed by atoms with E-state index in [4.69, 9.17) is 18.5 Å². The number of hydrogen-bond acceptors (Lipinski definition) is 8. The molecule has 0 aromatic rings. The predicted molar refractivity (Wildman–Crippen MR) is 241 cm³/mol. The fraction of sp³-hybridized carbons (Fsp3) is 0.833. The third-order valence-corrected chi connectivity index (χ3v) is 11.1. The standard InChI is InChI=1S/C48H90NO8P/c1-6-8-10-12-13-14-15-16-17-18-19-20-21-22-23-24-25-26-27-28-29-30-31-32-33-34-35-37-39-41-48(51)57-46(44-54-47(50)40-38-36-11-9-7-2)45-56-58(52,53)55-43-42-49(3,4)5/h15-16,18-19,21-22,46H,6-14,17,20,23-45H2,1-5H3/b16-15-,19-18-,22-21-. The van der Waals surface area contributed by atoms with E-state index < -0.39 is 32.5 Å². The second kappa shape index (κ2) is 40.6. The summed E-state index contributed by atoms with van der Waals surface area (Å²) < 4.78 is 33.7. The normalized spacial score (nSPS) is 13.8. The Balaban J connectivity index is 3.96. The van der Waals surface area contributed by atoms with Gasteiger partial charge in [0, 0.05) is 12.8 Å². The lowest BCUT2D eigenvalue weighted by Crippen LogP contribution is -2.37. The highest BCUT2D eigenvalue weighted by molar-refractivity contribution is 7.45. The van der Waals surface area contributed by atoms with Gasteiger partial charge in [-0.25, -0.2) is 0 Å². The van der Waals surface area contributed by atoms with Gasteiger partial charge in [0.1, 0.15) is 19.8 Å². The van der Waals surface area contributed by atoms with Crippen LogP contribution in [-0.2, 0) is 32.7 Å². The van der Waals surface area contributed by atoms with Crippen molar-refractivity contribution in [1.29, 1.82) is 0 Å². The quantitative estimate of drug-likeness (QED) is 0.0196. The third-order valence-electron chi connectivity index (χ3n) is 10.2.